The Kier molecular flexibility index (Phi) is 6.35. The van der Waals surface area contributed by atoms with Crippen LogP contribution in [-0.4, -0.2) is 58.1 Å². The molecule has 1 aromatic carbocycles. The number of amides is 2. The number of anilines is 1. The zero-order valence-electron chi connectivity index (χ0n) is 18.2. The zero-order valence-corrected chi connectivity index (χ0v) is 19.7. The van der Waals surface area contributed by atoms with Crippen molar-refractivity contribution >= 4 is 52.2 Å². The quantitative estimate of drug-likeness (QED) is 0.306. The van der Waals surface area contributed by atoms with Crippen LogP contribution in [-0.2, 0) is 25.6 Å². The van der Waals surface area contributed by atoms with Gasteiger partial charge in [0.05, 0.1) is 10.7 Å². The molecule has 0 atom stereocenters. The summed E-state index contributed by atoms with van der Waals surface area (Å²) >= 11 is 12.2. The second-order valence-corrected chi connectivity index (χ2v) is 8.95. The highest BCUT2D eigenvalue weighted by molar-refractivity contribution is 6.42. The number of hydrogen-bond acceptors (Lipinski definition) is 5. The summed E-state index contributed by atoms with van der Waals surface area (Å²) in [6.07, 6.45) is -3.90. The van der Waals surface area contributed by atoms with Gasteiger partial charge in [-0.2, -0.15) is 13.2 Å². The van der Waals surface area contributed by atoms with E-state index in [1.165, 1.54) is 28.8 Å². The number of imide groups is 1. The zero-order chi connectivity index (χ0) is 26.6. The average Bonchev–Trinajstić information content (AvgIpc) is 3.06. The van der Waals surface area contributed by atoms with Crippen LogP contribution in [0.5, 0.6) is 0 Å². The number of hydroxylamine groups is 3. The number of nitrogens with zero attached hydrogens (tertiary/aromatic N) is 3. The minimum Gasteiger partial charge on any atom is -0.326 e. The maximum absolute atomic E-state index is 14.7. The minimum absolute atomic E-state index is 0.0541. The molecule has 36 heavy (non-hydrogen) atoms. The summed E-state index contributed by atoms with van der Waals surface area (Å²) in [5, 5.41) is 0.202. The van der Waals surface area contributed by atoms with Crippen LogP contribution < -0.4 is 10.5 Å². The highest BCUT2D eigenvalue weighted by Crippen LogP contribution is 2.30. The number of nitrogens with one attached hydrogen (secondary N) is 1. The van der Waals surface area contributed by atoms with Crippen LogP contribution >= 0.6 is 23.2 Å². The van der Waals surface area contributed by atoms with Crippen molar-refractivity contribution in [3.05, 3.63) is 68.1 Å². The van der Waals surface area contributed by atoms with Crippen molar-refractivity contribution in [2.24, 2.45) is 0 Å². The van der Waals surface area contributed by atoms with Crippen LogP contribution in [0.4, 0.5) is 23.2 Å². The summed E-state index contributed by atoms with van der Waals surface area (Å²) in [6, 6.07) is 4.95. The van der Waals surface area contributed by atoms with Gasteiger partial charge in [0.1, 0.15) is 23.5 Å². The van der Waals surface area contributed by atoms with Crippen molar-refractivity contribution in [3.63, 3.8) is 0 Å². The van der Waals surface area contributed by atoms with E-state index < -0.39 is 58.8 Å². The Hall–Kier alpha value is -3.42. The number of rotatable bonds is 4. The van der Waals surface area contributed by atoms with E-state index in [0.717, 1.165) is 13.1 Å². The number of halogens is 6. The molecule has 0 bridgehead atoms. The standard InChI is InChI=1S/C21H14Cl2F4N4O5/c1-31(36-20(35)21(25,26)27)8-16(32)30(17(33)9-31)14-5-10(2-3-13(14)24)4-11-7-28-19(34)15-6-12(22)18(23)29(11)15/h2-3,5-7H,4,8-9H2,1H3/p+1. The van der Waals surface area contributed by atoms with Crippen LogP contribution in [0.1, 0.15) is 11.3 Å². The molecular weight excluding hydrogens is 535 g/mol. The van der Waals surface area contributed by atoms with Crippen LogP contribution in [0.25, 0.3) is 5.52 Å². The van der Waals surface area contributed by atoms with E-state index in [4.69, 9.17) is 23.2 Å². The van der Waals surface area contributed by atoms with Crippen LogP contribution in [0, 0.1) is 5.82 Å². The summed E-state index contributed by atoms with van der Waals surface area (Å²) in [7, 11) is 0.955. The van der Waals surface area contributed by atoms with E-state index in [0.29, 0.717) is 16.2 Å². The van der Waals surface area contributed by atoms with Gasteiger partial charge in [0, 0.05) is 18.3 Å². The molecular formula is C21H15Cl2F4N4O5+. The number of alkyl halides is 3. The predicted molar refractivity (Wildman–Crippen MR) is 118 cm³/mol. The number of aromatic nitrogens is 2. The number of carbonyl (C=O) groups is 3. The molecule has 4 rings (SSSR count). The van der Waals surface area contributed by atoms with E-state index in [9.17, 15) is 36.7 Å². The lowest BCUT2D eigenvalue weighted by molar-refractivity contribution is -1.06. The number of fused-ring (bicyclic) bond motifs is 1. The fraction of sp³-hybridized carbons (Fsp3) is 0.238. The maximum atomic E-state index is 14.7. The van der Waals surface area contributed by atoms with Crippen LogP contribution in [0.2, 0.25) is 10.2 Å². The lowest BCUT2D eigenvalue weighted by Gasteiger charge is -2.36. The van der Waals surface area contributed by atoms with Gasteiger partial charge < -0.3 is 4.98 Å². The summed E-state index contributed by atoms with van der Waals surface area (Å²) in [6.45, 7) is -1.68. The van der Waals surface area contributed by atoms with Crippen molar-refractivity contribution in [3.8, 4) is 0 Å². The first-order chi connectivity index (χ1) is 16.7. The van der Waals surface area contributed by atoms with Gasteiger partial charge in [-0.15, -0.1) is 4.65 Å². The van der Waals surface area contributed by atoms with Gasteiger partial charge in [-0.25, -0.2) is 14.1 Å². The number of benzene rings is 1. The van der Waals surface area contributed by atoms with Gasteiger partial charge in [-0.1, -0.05) is 29.3 Å². The molecule has 0 aliphatic carbocycles. The predicted octanol–water partition coefficient (Wildman–Crippen LogP) is 3.00. The van der Waals surface area contributed by atoms with Gasteiger partial charge >= 0.3 is 12.1 Å². The van der Waals surface area contributed by atoms with Crippen molar-refractivity contribution in [2.75, 3.05) is 25.0 Å². The summed E-state index contributed by atoms with van der Waals surface area (Å²) in [5.74, 6) is -5.67. The number of carbonyl (C=O) groups excluding carboxylic acids is 3. The van der Waals surface area contributed by atoms with Crippen molar-refractivity contribution in [1.29, 1.82) is 0 Å². The molecule has 2 aromatic heterocycles. The first-order valence-electron chi connectivity index (χ1n) is 10.1. The fourth-order valence-corrected chi connectivity index (χ4v) is 4.31. The average molecular weight is 550 g/mol. The Morgan fingerprint density at radius 2 is 1.78 bits per heavy atom. The molecule has 0 unspecified atom stereocenters. The Labute approximate surface area is 208 Å². The molecule has 1 fully saturated rings. The topological polar surface area (TPSA) is 101 Å². The van der Waals surface area contributed by atoms with Crippen molar-refractivity contribution in [1.82, 2.24) is 9.38 Å². The Morgan fingerprint density at radius 1 is 1.14 bits per heavy atom. The smallest absolute Gasteiger partial charge is 0.326 e. The van der Waals surface area contributed by atoms with Gasteiger partial charge in [0.15, 0.2) is 13.1 Å². The number of piperazine rings is 1. The number of quaternary nitrogens is 1. The second-order valence-electron chi connectivity index (χ2n) is 8.19. The third-order valence-electron chi connectivity index (χ3n) is 5.40. The number of likely N-dealkylation sites (N-methyl/N-ethyl adjacent to an activating group) is 1. The van der Waals surface area contributed by atoms with E-state index in [1.807, 2.05) is 0 Å². The normalized spacial score (nSPS) is 16.0. The second kappa shape index (κ2) is 8.91. The third kappa shape index (κ3) is 4.68. The molecule has 3 heterocycles. The fourth-order valence-electron chi connectivity index (χ4n) is 3.86. The SMILES string of the molecule is C[N+]1(OC(=O)C(F)(F)F)CC(=O)N(c2cc(Cc3c[nH]c(=O)c4cc(Cl)c(Cl)n34)ccc2F)C(=O)C1. The molecule has 1 aliphatic rings. The monoisotopic (exact) mass is 549 g/mol. The Morgan fingerprint density at radius 3 is 2.39 bits per heavy atom. The molecule has 190 valence electrons. The number of hydrogen-bond donors (Lipinski definition) is 1. The summed E-state index contributed by atoms with van der Waals surface area (Å²) in [4.78, 5) is 56.1. The largest absolute Gasteiger partial charge is 0.497 e. The highest BCUT2D eigenvalue weighted by atomic mass is 35.5. The molecule has 0 radical (unpaired) electrons. The van der Waals surface area contributed by atoms with Gasteiger partial charge in [-0.05, 0) is 23.8 Å². The Bertz CT molecular complexity index is 1470. The lowest BCUT2D eigenvalue weighted by Crippen LogP contribution is -2.64. The minimum atomic E-state index is -5.33. The van der Waals surface area contributed by atoms with Crippen LogP contribution in [0.15, 0.2) is 35.3 Å². The van der Waals surface area contributed by atoms with Gasteiger partial charge in [0.25, 0.3) is 17.4 Å². The molecule has 3 aromatic rings. The molecule has 1 N–H and O–H groups in total. The first kappa shape index (κ1) is 25.7. The van der Waals surface area contributed by atoms with Crippen molar-refractivity contribution in [2.45, 2.75) is 12.6 Å². The summed E-state index contributed by atoms with van der Waals surface area (Å²) in [5.41, 5.74) is 0.111. The molecule has 9 nitrogen and oxygen atoms in total. The molecule has 0 saturated carbocycles. The van der Waals surface area contributed by atoms with Gasteiger partial charge in [0.2, 0.25) is 0 Å². The molecule has 1 saturated heterocycles. The van der Waals surface area contributed by atoms with Crippen LogP contribution in [0.3, 0.4) is 0 Å². The molecule has 2 amide bonds. The number of H-pyrrole nitrogens is 1. The Balaban J connectivity index is 1.64. The van der Waals surface area contributed by atoms with E-state index >= 15 is 0 Å². The summed E-state index contributed by atoms with van der Waals surface area (Å²) < 4.78 is 52.5. The highest BCUT2D eigenvalue weighted by Gasteiger charge is 2.51. The van der Waals surface area contributed by atoms with Crippen molar-refractivity contribution < 1.29 is 41.4 Å². The molecule has 15 heteroatoms. The molecule has 1 aliphatic heterocycles. The number of aromatic amines is 1. The van der Waals surface area contributed by atoms with E-state index in [1.54, 1.807) is 0 Å². The molecule has 0 spiro atoms. The van der Waals surface area contributed by atoms with E-state index in [-0.39, 0.29) is 22.1 Å². The lowest BCUT2D eigenvalue weighted by atomic mass is 10.1. The van der Waals surface area contributed by atoms with Gasteiger partial charge in [-0.3, -0.25) is 23.6 Å². The third-order valence-corrected chi connectivity index (χ3v) is 6.15. The first-order valence-corrected chi connectivity index (χ1v) is 10.8. The maximum Gasteiger partial charge on any atom is 0.497 e. The van der Waals surface area contributed by atoms with E-state index in [2.05, 4.69) is 9.82 Å².